The van der Waals surface area contributed by atoms with Crippen molar-refractivity contribution in [2.45, 2.75) is 6.42 Å². The van der Waals surface area contributed by atoms with Crippen molar-refractivity contribution in [1.82, 2.24) is 0 Å². The molecule has 0 amide bonds. The van der Waals surface area contributed by atoms with Gasteiger partial charge in [0, 0.05) is 10.9 Å². The fourth-order valence-corrected chi connectivity index (χ4v) is 1.99. The first-order valence-electron chi connectivity index (χ1n) is 5.05. The van der Waals surface area contributed by atoms with Crippen molar-refractivity contribution in [2.24, 2.45) is 0 Å². The number of Topliss-reactive ketones (excluding diaryl/α,β-unsaturated/α-hetero) is 2. The second kappa shape index (κ2) is 6.75. The van der Waals surface area contributed by atoms with Gasteiger partial charge < -0.3 is 9.47 Å². The van der Waals surface area contributed by atoms with E-state index < -0.39 is 11.6 Å². The minimum Gasteiger partial charge on any atom is -0.493 e. The largest absolute Gasteiger partial charge is 0.493 e. The lowest BCUT2D eigenvalue weighted by Gasteiger charge is -2.11. The van der Waals surface area contributed by atoms with Crippen molar-refractivity contribution in [2.75, 3.05) is 20.1 Å². The van der Waals surface area contributed by atoms with Gasteiger partial charge in [0.2, 0.25) is 11.6 Å². The molecule has 0 atom stereocenters. The minimum absolute atomic E-state index is 0.0213. The Kier molecular flexibility index (Phi) is 5.62. The molecule has 0 fully saturated rings. The molecule has 4 nitrogen and oxygen atoms in total. The van der Waals surface area contributed by atoms with Gasteiger partial charge in [0.05, 0.1) is 20.1 Å². The van der Waals surface area contributed by atoms with Crippen LogP contribution in [0.25, 0.3) is 0 Å². The Labute approximate surface area is 118 Å². The molecule has 0 saturated carbocycles. The first-order valence-corrected chi connectivity index (χ1v) is 6.38. The predicted molar refractivity (Wildman–Crippen MR) is 71.7 cm³/mol. The van der Waals surface area contributed by atoms with Crippen LogP contribution in [-0.4, -0.2) is 31.7 Å². The average Bonchev–Trinajstić information content (AvgIpc) is 2.39. The highest BCUT2D eigenvalue weighted by Gasteiger charge is 2.17. The smallest absolute Gasteiger partial charge is 0.213 e. The lowest BCUT2D eigenvalue weighted by molar-refractivity contribution is -0.134. The van der Waals surface area contributed by atoms with Gasteiger partial charge in [-0.3, -0.25) is 9.59 Å². The zero-order chi connectivity index (χ0) is 13.7. The normalized spacial score (nSPS) is 10.0. The maximum atomic E-state index is 11.5. The van der Waals surface area contributed by atoms with Gasteiger partial charge in [0.1, 0.15) is 0 Å². The Morgan fingerprint density at radius 2 is 1.72 bits per heavy atom. The SMILES string of the molecule is COc1cc(Br)c(CC(=O)C(=O)CCl)cc1OC. The van der Waals surface area contributed by atoms with E-state index in [1.54, 1.807) is 12.1 Å². The van der Waals surface area contributed by atoms with Gasteiger partial charge in [-0.15, -0.1) is 11.6 Å². The fraction of sp³-hybridized carbons (Fsp3) is 0.333. The highest BCUT2D eigenvalue weighted by Crippen LogP contribution is 2.33. The molecular weight excluding hydrogens is 323 g/mol. The Bertz CT molecular complexity index is 473. The van der Waals surface area contributed by atoms with E-state index >= 15 is 0 Å². The van der Waals surface area contributed by atoms with Crippen LogP contribution in [0.4, 0.5) is 0 Å². The highest BCUT2D eigenvalue weighted by molar-refractivity contribution is 9.10. The van der Waals surface area contributed by atoms with Crippen molar-refractivity contribution in [1.29, 1.82) is 0 Å². The van der Waals surface area contributed by atoms with Crippen molar-refractivity contribution in [3.63, 3.8) is 0 Å². The Hall–Kier alpha value is -1.07. The first kappa shape index (κ1) is 15.0. The average molecular weight is 336 g/mol. The molecule has 0 bridgehead atoms. The van der Waals surface area contributed by atoms with Crippen LogP contribution in [0.15, 0.2) is 16.6 Å². The summed E-state index contributed by atoms with van der Waals surface area (Å²) in [7, 11) is 3.02. The summed E-state index contributed by atoms with van der Waals surface area (Å²) >= 11 is 8.65. The van der Waals surface area contributed by atoms with E-state index in [2.05, 4.69) is 15.9 Å². The Balaban J connectivity index is 3.03. The lowest BCUT2D eigenvalue weighted by Crippen LogP contribution is -2.17. The topological polar surface area (TPSA) is 52.6 Å². The van der Waals surface area contributed by atoms with Crippen LogP contribution in [0.2, 0.25) is 0 Å². The third kappa shape index (κ3) is 3.46. The molecule has 0 aliphatic carbocycles. The van der Waals surface area contributed by atoms with Gasteiger partial charge in [-0.05, 0) is 17.7 Å². The molecule has 18 heavy (non-hydrogen) atoms. The summed E-state index contributed by atoms with van der Waals surface area (Å²) in [5.74, 6) is -0.383. The van der Waals surface area contributed by atoms with E-state index in [-0.39, 0.29) is 12.3 Å². The molecule has 1 aromatic rings. The quantitative estimate of drug-likeness (QED) is 0.592. The van der Waals surface area contributed by atoms with Crippen LogP contribution in [-0.2, 0) is 16.0 Å². The van der Waals surface area contributed by atoms with Crippen LogP contribution in [0, 0.1) is 0 Å². The number of ketones is 2. The molecule has 0 aliphatic heterocycles. The Morgan fingerprint density at radius 1 is 1.17 bits per heavy atom. The number of hydrogen-bond acceptors (Lipinski definition) is 4. The van der Waals surface area contributed by atoms with E-state index in [1.165, 1.54) is 14.2 Å². The summed E-state index contributed by atoms with van der Waals surface area (Å²) < 4.78 is 10.9. The predicted octanol–water partition coefficient (Wildman–Crippen LogP) is 2.39. The van der Waals surface area contributed by atoms with Gasteiger partial charge in [0.15, 0.2) is 11.5 Å². The highest BCUT2D eigenvalue weighted by atomic mass is 79.9. The van der Waals surface area contributed by atoms with E-state index in [0.29, 0.717) is 21.5 Å². The number of carbonyl (C=O) groups is 2. The van der Waals surface area contributed by atoms with Crippen molar-refractivity contribution in [3.05, 3.63) is 22.2 Å². The van der Waals surface area contributed by atoms with Crippen LogP contribution < -0.4 is 9.47 Å². The molecule has 0 radical (unpaired) electrons. The number of ether oxygens (including phenoxy) is 2. The van der Waals surface area contributed by atoms with Crippen LogP contribution >= 0.6 is 27.5 Å². The van der Waals surface area contributed by atoms with E-state index in [1.807, 2.05) is 0 Å². The minimum atomic E-state index is -0.599. The van der Waals surface area contributed by atoms with E-state index in [9.17, 15) is 9.59 Å². The molecule has 0 saturated heterocycles. The number of hydrogen-bond donors (Lipinski definition) is 0. The molecule has 0 aliphatic rings. The summed E-state index contributed by atoms with van der Waals surface area (Å²) in [5.41, 5.74) is 0.649. The molecule has 0 heterocycles. The van der Waals surface area contributed by atoms with Crippen LogP contribution in [0.5, 0.6) is 11.5 Å². The van der Waals surface area contributed by atoms with Gasteiger partial charge >= 0.3 is 0 Å². The number of carbonyl (C=O) groups excluding carboxylic acids is 2. The van der Waals surface area contributed by atoms with Crippen molar-refractivity contribution >= 4 is 39.1 Å². The first-order chi connectivity index (χ1) is 8.53. The second-order valence-corrected chi connectivity index (χ2v) is 4.58. The molecule has 6 heteroatoms. The molecule has 0 N–H and O–H groups in total. The number of rotatable bonds is 6. The number of alkyl halides is 1. The van der Waals surface area contributed by atoms with Gasteiger partial charge in [-0.1, -0.05) is 15.9 Å². The fourth-order valence-electron chi connectivity index (χ4n) is 1.38. The van der Waals surface area contributed by atoms with E-state index in [0.717, 1.165) is 0 Å². The zero-order valence-corrected chi connectivity index (χ0v) is 12.3. The molecule has 0 unspecified atom stereocenters. The van der Waals surface area contributed by atoms with Gasteiger partial charge in [-0.25, -0.2) is 0 Å². The van der Waals surface area contributed by atoms with Gasteiger partial charge in [0.25, 0.3) is 0 Å². The third-order valence-corrected chi connectivity index (χ3v) is 3.32. The zero-order valence-electron chi connectivity index (χ0n) is 9.96. The molecule has 98 valence electrons. The summed E-state index contributed by atoms with van der Waals surface area (Å²) in [4.78, 5) is 22.7. The number of benzene rings is 1. The second-order valence-electron chi connectivity index (χ2n) is 3.46. The molecule has 1 rings (SSSR count). The monoisotopic (exact) mass is 334 g/mol. The van der Waals surface area contributed by atoms with Crippen molar-refractivity contribution in [3.8, 4) is 11.5 Å². The Morgan fingerprint density at radius 3 is 2.22 bits per heavy atom. The summed E-state index contributed by atoms with van der Waals surface area (Å²) in [5, 5.41) is 0. The maximum Gasteiger partial charge on any atom is 0.213 e. The standard InChI is InChI=1S/C12H12BrClO4/c1-17-11-4-7(3-9(15)10(16)6-14)8(13)5-12(11)18-2/h4-5H,3,6H2,1-2H3. The summed E-state index contributed by atoms with van der Waals surface area (Å²) in [6.07, 6.45) is -0.0213. The molecule has 0 aromatic heterocycles. The summed E-state index contributed by atoms with van der Waals surface area (Å²) in [6, 6.07) is 3.34. The molecular formula is C12H12BrClO4. The van der Waals surface area contributed by atoms with Crippen LogP contribution in [0.1, 0.15) is 5.56 Å². The van der Waals surface area contributed by atoms with Crippen molar-refractivity contribution < 1.29 is 19.1 Å². The number of methoxy groups -OCH3 is 2. The number of halogens is 2. The third-order valence-electron chi connectivity index (χ3n) is 2.34. The van der Waals surface area contributed by atoms with E-state index in [4.69, 9.17) is 21.1 Å². The molecule has 0 spiro atoms. The summed E-state index contributed by atoms with van der Waals surface area (Å²) in [6.45, 7) is 0. The molecule has 1 aromatic carbocycles. The van der Waals surface area contributed by atoms with Crippen LogP contribution in [0.3, 0.4) is 0 Å². The van der Waals surface area contributed by atoms with Gasteiger partial charge in [-0.2, -0.15) is 0 Å². The maximum absolute atomic E-state index is 11.5. The lowest BCUT2D eigenvalue weighted by atomic mass is 10.1.